The van der Waals surface area contributed by atoms with Crippen molar-refractivity contribution in [3.8, 4) is 5.69 Å². The van der Waals surface area contributed by atoms with Crippen LogP contribution in [0.25, 0.3) is 87.5 Å². The molecular weight excluding hydrogens is 476 g/mol. The van der Waals surface area contributed by atoms with Crippen molar-refractivity contribution in [2.75, 3.05) is 0 Å². The van der Waals surface area contributed by atoms with Crippen LogP contribution >= 0.6 is 0 Å². The zero-order valence-electron chi connectivity index (χ0n) is 20.8. The third kappa shape index (κ3) is 2.31. The van der Waals surface area contributed by atoms with Crippen LogP contribution in [0.5, 0.6) is 0 Å². The van der Waals surface area contributed by atoms with E-state index in [4.69, 9.17) is 4.42 Å². The first-order valence-electron chi connectivity index (χ1n) is 13.4. The van der Waals surface area contributed by atoms with Crippen LogP contribution in [0.15, 0.2) is 126 Å². The first kappa shape index (κ1) is 19.8. The Morgan fingerprint density at radius 1 is 0.410 bits per heavy atom. The Morgan fingerprint density at radius 3 is 2.05 bits per heavy atom. The van der Waals surface area contributed by atoms with Crippen LogP contribution in [0.3, 0.4) is 0 Å². The van der Waals surface area contributed by atoms with Crippen LogP contribution in [0, 0.1) is 0 Å². The Morgan fingerprint density at radius 2 is 1.13 bits per heavy atom. The van der Waals surface area contributed by atoms with E-state index < -0.39 is 0 Å². The lowest BCUT2D eigenvalue weighted by Gasteiger charge is -2.07. The van der Waals surface area contributed by atoms with Gasteiger partial charge < -0.3 is 13.4 Å². The van der Waals surface area contributed by atoms with E-state index in [1.165, 1.54) is 76.4 Å². The number of hydrogen-bond acceptors (Lipinski definition) is 1. The van der Waals surface area contributed by atoms with Crippen molar-refractivity contribution in [1.29, 1.82) is 0 Å². The highest BCUT2D eigenvalue weighted by Crippen LogP contribution is 2.46. The molecule has 0 amide bonds. The minimum Gasteiger partial charge on any atom is -0.456 e. The smallest absolute Gasteiger partial charge is 0.137 e. The van der Waals surface area contributed by atoms with E-state index in [0.29, 0.717) is 0 Å². The van der Waals surface area contributed by atoms with E-state index in [1.807, 2.05) is 6.07 Å². The van der Waals surface area contributed by atoms with Gasteiger partial charge in [0.15, 0.2) is 0 Å². The number of rotatable bonds is 1. The maximum absolute atomic E-state index is 6.32. The highest BCUT2D eigenvalue weighted by atomic mass is 16.3. The molecule has 0 atom stereocenters. The Labute approximate surface area is 222 Å². The maximum Gasteiger partial charge on any atom is 0.137 e. The lowest BCUT2D eigenvalue weighted by Crippen LogP contribution is -1.92. The number of fused-ring (bicyclic) bond motifs is 13. The molecule has 10 aromatic rings. The first-order chi connectivity index (χ1) is 19.4. The van der Waals surface area contributed by atoms with E-state index in [1.54, 1.807) is 0 Å². The van der Waals surface area contributed by atoms with Gasteiger partial charge in [-0.3, -0.25) is 0 Å². The molecule has 0 aliphatic carbocycles. The zero-order chi connectivity index (χ0) is 25.2. The maximum atomic E-state index is 6.32. The van der Waals surface area contributed by atoms with Crippen LogP contribution in [0.4, 0.5) is 0 Å². The topological polar surface area (TPSA) is 22.5 Å². The zero-order valence-corrected chi connectivity index (χ0v) is 20.8. The molecule has 6 aromatic carbocycles. The van der Waals surface area contributed by atoms with Gasteiger partial charge in [0.05, 0.1) is 27.6 Å². The molecule has 3 nitrogen and oxygen atoms in total. The normalized spacial score (nSPS) is 12.6. The number of para-hydroxylation sites is 4. The molecule has 0 spiro atoms. The summed E-state index contributed by atoms with van der Waals surface area (Å²) in [6.07, 6.45) is 0. The summed E-state index contributed by atoms with van der Waals surface area (Å²) >= 11 is 0. The summed E-state index contributed by atoms with van der Waals surface area (Å²) in [5, 5.41) is 10.1. The highest BCUT2D eigenvalue weighted by molar-refractivity contribution is 6.33. The van der Waals surface area contributed by atoms with Crippen LogP contribution in [0.2, 0.25) is 0 Å². The van der Waals surface area contributed by atoms with Gasteiger partial charge in [0.25, 0.3) is 0 Å². The van der Waals surface area contributed by atoms with Crippen molar-refractivity contribution in [2.45, 2.75) is 0 Å². The quantitative estimate of drug-likeness (QED) is 0.222. The molecule has 0 N–H and O–H groups in total. The van der Waals surface area contributed by atoms with Crippen molar-refractivity contribution in [2.24, 2.45) is 0 Å². The van der Waals surface area contributed by atoms with E-state index in [9.17, 15) is 0 Å². The van der Waals surface area contributed by atoms with E-state index in [2.05, 4.69) is 124 Å². The number of nitrogens with zero attached hydrogens (tertiary/aromatic N) is 2. The molecular formula is C36H20N2O. The number of hydrogen-bond donors (Lipinski definition) is 0. The summed E-state index contributed by atoms with van der Waals surface area (Å²) in [5.74, 6) is 0. The third-order valence-corrected chi connectivity index (χ3v) is 8.63. The Balaban J connectivity index is 1.44. The number of furan rings is 1. The predicted octanol–water partition coefficient (Wildman–Crippen LogP) is 9.83. The predicted molar refractivity (Wildman–Crippen MR) is 163 cm³/mol. The summed E-state index contributed by atoms with van der Waals surface area (Å²) < 4.78 is 11.2. The fourth-order valence-electron chi connectivity index (χ4n) is 7.10. The molecule has 180 valence electrons. The molecule has 0 saturated carbocycles. The average Bonchev–Trinajstić information content (AvgIpc) is 3.71. The fourth-order valence-corrected chi connectivity index (χ4v) is 7.10. The molecule has 0 unspecified atom stereocenters. The molecule has 39 heavy (non-hydrogen) atoms. The number of aromatic nitrogens is 2. The summed E-state index contributed by atoms with van der Waals surface area (Å²) in [6, 6.07) is 43.7. The van der Waals surface area contributed by atoms with Crippen molar-refractivity contribution in [1.82, 2.24) is 8.97 Å². The second kappa shape index (κ2) is 6.77. The van der Waals surface area contributed by atoms with Crippen LogP contribution in [-0.4, -0.2) is 8.97 Å². The standard InChI is InChI=1S/C36H20N2O/c1-2-9-21(10-3-1)37-28-15-6-4-12-24(28)34-29(37)17-18-30-35(34)25-14-8-13-23-26-19-27-22-11-5-7-16-32(22)39-33(27)20-31(26)38(30)36(23)25/h1-20H. The van der Waals surface area contributed by atoms with Gasteiger partial charge in [0, 0.05) is 54.8 Å². The monoisotopic (exact) mass is 496 g/mol. The lowest BCUT2D eigenvalue weighted by atomic mass is 10.0. The largest absolute Gasteiger partial charge is 0.456 e. The second-order valence-corrected chi connectivity index (χ2v) is 10.5. The van der Waals surface area contributed by atoms with E-state index in [0.717, 1.165) is 11.2 Å². The lowest BCUT2D eigenvalue weighted by molar-refractivity contribution is 0.669. The van der Waals surface area contributed by atoms with Gasteiger partial charge >= 0.3 is 0 Å². The van der Waals surface area contributed by atoms with Crippen molar-refractivity contribution < 1.29 is 4.42 Å². The first-order valence-corrected chi connectivity index (χ1v) is 13.4. The number of benzene rings is 6. The molecule has 4 aromatic heterocycles. The molecule has 0 aliphatic heterocycles. The molecule has 4 heterocycles. The molecule has 0 saturated heterocycles. The van der Waals surface area contributed by atoms with Gasteiger partial charge in [-0.1, -0.05) is 72.8 Å². The molecule has 0 aliphatic rings. The minimum atomic E-state index is 0.930. The molecule has 0 bridgehead atoms. The summed E-state index contributed by atoms with van der Waals surface area (Å²) in [4.78, 5) is 0. The van der Waals surface area contributed by atoms with Crippen LogP contribution in [0.1, 0.15) is 0 Å². The minimum absolute atomic E-state index is 0.930. The third-order valence-electron chi connectivity index (χ3n) is 8.63. The summed E-state index contributed by atoms with van der Waals surface area (Å²) in [5.41, 5.74) is 9.20. The van der Waals surface area contributed by atoms with Gasteiger partial charge in [0.1, 0.15) is 11.2 Å². The summed E-state index contributed by atoms with van der Waals surface area (Å²) in [6.45, 7) is 0. The Kier molecular flexibility index (Phi) is 3.44. The average molecular weight is 497 g/mol. The van der Waals surface area contributed by atoms with Crippen LogP contribution < -0.4 is 0 Å². The Hall–Kier alpha value is -5.28. The highest BCUT2D eigenvalue weighted by Gasteiger charge is 2.23. The van der Waals surface area contributed by atoms with Crippen molar-refractivity contribution >= 4 is 81.8 Å². The van der Waals surface area contributed by atoms with Gasteiger partial charge in [-0.25, -0.2) is 0 Å². The second-order valence-electron chi connectivity index (χ2n) is 10.5. The van der Waals surface area contributed by atoms with Crippen molar-refractivity contribution in [3.63, 3.8) is 0 Å². The van der Waals surface area contributed by atoms with Crippen molar-refractivity contribution in [3.05, 3.63) is 121 Å². The van der Waals surface area contributed by atoms with Gasteiger partial charge in [-0.15, -0.1) is 0 Å². The van der Waals surface area contributed by atoms with Gasteiger partial charge in [-0.2, -0.15) is 0 Å². The van der Waals surface area contributed by atoms with Gasteiger partial charge in [0.2, 0.25) is 0 Å². The SMILES string of the molecule is c1ccc(-n2c3ccccc3c3c4c5cccc6c7cc8c(cc7n(c4ccc32)c65)oc2ccccc28)cc1. The van der Waals surface area contributed by atoms with E-state index >= 15 is 0 Å². The summed E-state index contributed by atoms with van der Waals surface area (Å²) in [7, 11) is 0. The molecule has 10 rings (SSSR count). The molecule has 0 fully saturated rings. The van der Waals surface area contributed by atoms with Crippen LogP contribution in [-0.2, 0) is 0 Å². The fraction of sp³-hybridized carbons (Fsp3) is 0. The van der Waals surface area contributed by atoms with Gasteiger partial charge in [-0.05, 0) is 42.5 Å². The molecule has 0 radical (unpaired) electrons. The van der Waals surface area contributed by atoms with E-state index in [-0.39, 0.29) is 0 Å². The Bertz CT molecular complexity index is 2600. The molecule has 3 heteroatoms.